The van der Waals surface area contributed by atoms with Crippen molar-refractivity contribution in [1.29, 1.82) is 0 Å². The molecular weight excluding hydrogens is 272 g/mol. The van der Waals surface area contributed by atoms with Crippen molar-refractivity contribution in [3.63, 3.8) is 0 Å². The number of nitrogens with zero attached hydrogens (tertiary/aromatic N) is 1. The summed E-state index contributed by atoms with van der Waals surface area (Å²) in [5, 5.41) is 4.58. The lowest BCUT2D eigenvalue weighted by molar-refractivity contribution is 0.448. The fourth-order valence-corrected chi connectivity index (χ4v) is 2.61. The van der Waals surface area contributed by atoms with Crippen LogP contribution in [0.2, 0.25) is 0 Å². The molecule has 0 aliphatic rings. The van der Waals surface area contributed by atoms with Gasteiger partial charge in [-0.25, -0.2) is 4.98 Å². The van der Waals surface area contributed by atoms with Crippen LogP contribution in [0, 0.1) is 12.3 Å². The monoisotopic (exact) mass is 286 g/mol. The molecule has 1 N–H and O–H groups in total. The predicted octanol–water partition coefficient (Wildman–Crippen LogP) is 3.36. The zero-order chi connectivity index (χ0) is 11.3. The molecule has 2 nitrogen and oxygen atoms in total. The summed E-state index contributed by atoms with van der Waals surface area (Å²) >= 11 is 5.07. The summed E-state index contributed by atoms with van der Waals surface area (Å²) in [6, 6.07) is 0.646. The van der Waals surface area contributed by atoms with Gasteiger partial charge in [0.05, 0.1) is 16.0 Å². The maximum Gasteiger partial charge on any atom is 0.110 e. The normalized spacial score (nSPS) is 14.5. The van der Waals surface area contributed by atoms with Crippen LogP contribution < -0.4 is 5.32 Å². The molecule has 0 saturated heterocycles. The molecule has 1 aromatic heterocycles. The maximum absolute atomic E-state index is 5.31. The molecule has 0 amide bonds. The molecule has 0 aliphatic heterocycles. The van der Waals surface area contributed by atoms with Crippen molar-refractivity contribution in [2.24, 2.45) is 0 Å². The first-order valence-corrected chi connectivity index (χ1v) is 6.59. The van der Waals surface area contributed by atoms with E-state index >= 15 is 0 Å². The van der Waals surface area contributed by atoms with Crippen LogP contribution in [0.25, 0.3) is 0 Å². The largest absolute Gasteiger partial charge is 0.304 e. The molecule has 0 aliphatic carbocycles. The van der Waals surface area contributed by atoms with Crippen molar-refractivity contribution < 1.29 is 0 Å². The number of nitrogens with one attached hydrogen (secondary N) is 1. The number of hydrogen-bond acceptors (Lipinski definition) is 3. The van der Waals surface area contributed by atoms with Gasteiger partial charge in [-0.1, -0.05) is 6.92 Å². The van der Waals surface area contributed by atoms with Crippen molar-refractivity contribution >= 4 is 27.3 Å². The zero-order valence-corrected chi connectivity index (χ0v) is 11.4. The van der Waals surface area contributed by atoms with Gasteiger partial charge in [0.1, 0.15) is 5.01 Å². The summed E-state index contributed by atoms with van der Waals surface area (Å²) in [5.74, 6) is 2.69. The summed E-state index contributed by atoms with van der Waals surface area (Å²) in [4.78, 5) is 4.32. The second kappa shape index (κ2) is 6.26. The van der Waals surface area contributed by atoms with Crippen LogP contribution in [0.3, 0.4) is 0 Å². The highest BCUT2D eigenvalue weighted by Crippen LogP contribution is 2.24. The maximum atomic E-state index is 5.31. The van der Waals surface area contributed by atoms with E-state index in [2.05, 4.69) is 46.0 Å². The van der Waals surface area contributed by atoms with E-state index < -0.39 is 0 Å². The molecule has 0 spiro atoms. The molecule has 0 saturated carbocycles. The van der Waals surface area contributed by atoms with Crippen molar-refractivity contribution in [3.05, 3.63) is 15.0 Å². The van der Waals surface area contributed by atoms with E-state index in [9.17, 15) is 0 Å². The molecule has 1 heterocycles. The lowest BCUT2D eigenvalue weighted by Crippen LogP contribution is -2.30. The molecule has 2 unspecified atom stereocenters. The van der Waals surface area contributed by atoms with E-state index in [1.165, 1.54) is 0 Å². The summed E-state index contributed by atoms with van der Waals surface area (Å²) in [6.07, 6.45) is 8.96. The minimum atomic E-state index is 0.264. The molecule has 1 rings (SSSR count). The first-order chi connectivity index (χ1) is 7.17. The van der Waals surface area contributed by atoms with E-state index in [0.717, 1.165) is 21.6 Å². The predicted molar refractivity (Wildman–Crippen MR) is 68.9 cm³/mol. The van der Waals surface area contributed by atoms with Crippen molar-refractivity contribution in [1.82, 2.24) is 10.3 Å². The van der Waals surface area contributed by atoms with Gasteiger partial charge in [-0.3, -0.25) is 0 Å². The topological polar surface area (TPSA) is 24.9 Å². The minimum absolute atomic E-state index is 0.264. The molecule has 0 fully saturated rings. The van der Waals surface area contributed by atoms with Gasteiger partial charge in [-0.15, -0.1) is 23.7 Å². The van der Waals surface area contributed by atoms with E-state index in [1.54, 1.807) is 11.3 Å². The van der Waals surface area contributed by atoms with Crippen molar-refractivity contribution in [3.8, 4) is 12.3 Å². The third-order valence-electron chi connectivity index (χ3n) is 2.21. The highest BCUT2D eigenvalue weighted by atomic mass is 79.9. The Kier molecular flexibility index (Phi) is 5.30. The van der Waals surface area contributed by atoms with Crippen LogP contribution in [0.1, 0.15) is 37.7 Å². The number of thiazole rings is 1. The van der Waals surface area contributed by atoms with Crippen LogP contribution in [0.4, 0.5) is 0 Å². The van der Waals surface area contributed by atoms with Crippen LogP contribution in [0.5, 0.6) is 0 Å². The smallest absolute Gasteiger partial charge is 0.110 e. The van der Waals surface area contributed by atoms with Crippen LogP contribution in [-0.4, -0.2) is 11.0 Å². The summed E-state index contributed by atoms with van der Waals surface area (Å²) < 4.78 is 1.07. The zero-order valence-electron chi connectivity index (χ0n) is 8.96. The first kappa shape index (κ1) is 12.7. The number of terminal acetylenes is 1. The molecule has 0 radical (unpaired) electrons. The Labute approximate surface area is 104 Å². The standard InChI is InChI=1S/C11H15BrN2S/c1-4-6-9(5-2)14-8(3)11-13-7-10(12)15-11/h1,7-9,14H,5-6H2,2-3H3. The van der Waals surface area contributed by atoms with Gasteiger partial charge in [0.15, 0.2) is 0 Å². The average Bonchev–Trinajstić information content (AvgIpc) is 2.64. The highest BCUT2D eigenvalue weighted by molar-refractivity contribution is 9.11. The minimum Gasteiger partial charge on any atom is -0.304 e. The quantitative estimate of drug-likeness (QED) is 0.840. The van der Waals surface area contributed by atoms with Gasteiger partial charge in [-0.2, -0.15) is 0 Å². The van der Waals surface area contributed by atoms with E-state index in [0.29, 0.717) is 6.04 Å². The van der Waals surface area contributed by atoms with Crippen LogP contribution in [0.15, 0.2) is 9.98 Å². The molecule has 0 bridgehead atoms. The Balaban J connectivity index is 2.54. The van der Waals surface area contributed by atoms with E-state index in [4.69, 9.17) is 6.42 Å². The van der Waals surface area contributed by atoms with Gasteiger partial charge in [0.25, 0.3) is 0 Å². The van der Waals surface area contributed by atoms with E-state index in [1.807, 2.05) is 6.20 Å². The number of rotatable bonds is 5. The van der Waals surface area contributed by atoms with Crippen LogP contribution in [-0.2, 0) is 0 Å². The Hall–Kier alpha value is -0.370. The van der Waals surface area contributed by atoms with E-state index in [-0.39, 0.29) is 6.04 Å². The Morgan fingerprint density at radius 2 is 2.47 bits per heavy atom. The molecule has 15 heavy (non-hydrogen) atoms. The molecule has 2 atom stereocenters. The summed E-state index contributed by atoms with van der Waals surface area (Å²) in [6.45, 7) is 4.25. The first-order valence-electron chi connectivity index (χ1n) is 4.98. The summed E-state index contributed by atoms with van der Waals surface area (Å²) in [7, 11) is 0. The van der Waals surface area contributed by atoms with Gasteiger partial charge in [0, 0.05) is 12.5 Å². The van der Waals surface area contributed by atoms with Gasteiger partial charge in [0.2, 0.25) is 0 Å². The fourth-order valence-electron chi connectivity index (χ4n) is 1.36. The molecule has 4 heteroatoms. The van der Waals surface area contributed by atoms with Gasteiger partial charge in [-0.05, 0) is 29.3 Å². The second-order valence-electron chi connectivity index (χ2n) is 3.40. The number of halogens is 1. The lowest BCUT2D eigenvalue weighted by Gasteiger charge is -2.18. The third-order valence-corrected chi connectivity index (χ3v) is 3.87. The Morgan fingerprint density at radius 3 is 2.93 bits per heavy atom. The van der Waals surface area contributed by atoms with Crippen LogP contribution >= 0.6 is 27.3 Å². The second-order valence-corrected chi connectivity index (χ2v) is 5.85. The molecule has 0 aromatic carbocycles. The van der Waals surface area contributed by atoms with Crippen molar-refractivity contribution in [2.75, 3.05) is 0 Å². The Morgan fingerprint density at radius 1 is 1.73 bits per heavy atom. The summed E-state index contributed by atoms with van der Waals surface area (Å²) in [5.41, 5.74) is 0. The van der Waals surface area contributed by atoms with Gasteiger partial charge < -0.3 is 5.32 Å². The Bertz CT molecular complexity index is 343. The lowest BCUT2D eigenvalue weighted by atomic mass is 10.1. The highest BCUT2D eigenvalue weighted by Gasteiger charge is 2.13. The fraction of sp³-hybridized carbons (Fsp3) is 0.545. The molecular formula is C11H15BrN2S. The number of hydrogen-bond donors (Lipinski definition) is 1. The van der Waals surface area contributed by atoms with Crippen molar-refractivity contribution in [2.45, 2.75) is 38.8 Å². The van der Waals surface area contributed by atoms with Gasteiger partial charge >= 0.3 is 0 Å². The SMILES string of the molecule is C#CCC(CC)NC(C)c1ncc(Br)s1. The molecule has 82 valence electrons. The number of aromatic nitrogens is 1. The molecule has 1 aromatic rings. The third kappa shape index (κ3) is 3.94. The average molecular weight is 287 g/mol.